The van der Waals surface area contributed by atoms with Gasteiger partial charge in [0.1, 0.15) is 0 Å². The van der Waals surface area contributed by atoms with Gasteiger partial charge >= 0.3 is 5.69 Å². The van der Waals surface area contributed by atoms with Crippen LogP contribution in [0.5, 0.6) is 5.75 Å². The lowest BCUT2D eigenvalue weighted by Crippen LogP contribution is -2.37. The van der Waals surface area contributed by atoms with E-state index in [2.05, 4.69) is 12.6 Å². The molecule has 0 aromatic heterocycles. The third kappa shape index (κ3) is 2.80. The number of nitrogens with zero attached hydrogens (tertiary/aromatic N) is 1. The number of nitro groups is 1. The molecule has 1 aliphatic carbocycles. The topological polar surface area (TPSA) is 52.4 Å². The Morgan fingerprint density at radius 3 is 2.53 bits per heavy atom. The number of halogens is 2. The Bertz CT molecular complexity index is 500. The predicted molar refractivity (Wildman–Crippen MR) is 68.6 cm³/mol. The zero-order valence-corrected chi connectivity index (χ0v) is 11.0. The molecule has 0 heterocycles. The van der Waals surface area contributed by atoms with Crippen molar-refractivity contribution in [2.45, 2.75) is 19.3 Å². The van der Waals surface area contributed by atoms with E-state index in [1.54, 1.807) is 0 Å². The Hall–Kier alpha value is -1.37. The van der Waals surface area contributed by atoms with E-state index in [-0.39, 0.29) is 17.8 Å². The molecule has 0 spiro atoms. The van der Waals surface area contributed by atoms with Crippen LogP contribution in [0.2, 0.25) is 0 Å². The van der Waals surface area contributed by atoms with Crippen molar-refractivity contribution in [2.75, 3.05) is 12.4 Å². The summed E-state index contributed by atoms with van der Waals surface area (Å²) in [4.78, 5) is 9.48. The molecule has 4 nitrogen and oxygen atoms in total. The largest absolute Gasteiger partial charge is 0.490 e. The molecule has 1 aromatic rings. The Labute approximate surface area is 114 Å². The van der Waals surface area contributed by atoms with Crippen LogP contribution >= 0.6 is 12.6 Å². The molecule has 1 aromatic carbocycles. The van der Waals surface area contributed by atoms with Crippen LogP contribution in [-0.4, -0.2) is 17.3 Å². The zero-order chi connectivity index (χ0) is 14.0. The summed E-state index contributed by atoms with van der Waals surface area (Å²) < 4.78 is 32.2. The number of thiol groups is 1. The van der Waals surface area contributed by atoms with Gasteiger partial charge in [0.15, 0.2) is 11.6 Å². The second-order valence-corrected chi connectivity index (χ2v) is 5.11. The molecule has 0 N–H and O–H groups in total. The molecule has 1 saturated carbocycles. The third-order valence-electron chi connectivity index (χ3n) is 3.48. The SMILES string of the molecule is O=[N+]([O-])c1cc(F)c(OCC2(CS)CCC2)cc1F. The van der Waals surface area contributed by atoms with Crippen LogP contribution in [0.3, 0.4) is 0 Å². The van der Waals surface area contributed by atoms with Crippen molar-refractivity contribution in [1.82, 2.24) is 0 Å². The lowest BCUT2D eigenvalue weighted by atomic mass is 9.71. The molecule has 1 fully saturated rings. The van der Waals surface area contributed by atoms with Gasteiger partial charge in [-0.15, -0.1) is 0 Å². The molecule has 104 valence electrons. The van der Waals surface area contributed by atoms with E-state index in [4.69, 9.17) is 4.74 Å². The summed E-state index contributed by atoms with van der Waals surface area (Å²) >= 11 is 4.23. The van der Waals surface area contributed by atoms with Gasteiger partial charge in [-0.3, -0.25) is 10.1 Å². The van der Waals surface area contributed by atoms with Gasteiger partial charge in [0.05, 0.1) is 17.6 Å². The summed E-state index contributed by atoms with van der Waals surface area (Å²) in [5.74, 6) is -1.71. The van der Waals surface area contributed by atoms with Crippen LogP contribution in [0.1, 0.15) is 19.3 Å². The maximum Gasteiger partial charge on any atom is 0.307 e. The van der Waals surface area contributed by atoms with Crippen molar-refractivity contribution in [3.8, 4) is 5.75 Å². The highest BCUT2D eigenvalue weighted by atomic mass is 32.1. The summed E-state index contributed by atoms with van der Waals surface area (Å²) in [6.07, 6.45) is 2.95. The van der Waals surface area contributed by atoms with E-state index in [1.807, 2.05) is 0 Å². The van der Waals surface area contributed by atoms with Gasteiger partial charge in [-0.2, -0.15) is 17.0 Å². The molecule has 19 heavy (non-hydrogen) atoms. The normalized spacial score (nSPS) is 16.8. The molecule has 0 amide bonds. The summed E-state index contributed by atoms with van der Waals surface area (Å²) in [6, 6.07) is 1.26. The molecule has 0 saturated heterocycles. The van der Waals surface area contributed by atoms with Gasteiger partial charge in [-0.1, -0.05) is 6.42 Å². The summed E-state index contributed by atoms with van der Waals surface area (Å²) in [7, 11) is 0. The standard InChI is InChI=1S/C12H13F2NO3S/c13-8-5-11(9(14)4-10(8)15(16)17)18-6-12(7-19)2-1-3-12/h4-5,19H,1-3,6-7H2. The first-order valence-electron chi connectivity index (χ1n) is 5.84. The minimum Gasteiger partial charge on any atom is -0.490 e. The molecule has 0 unspecified atom stereocenters. The average molecular weight is 289 g/mol. The van der Waals surface area contributed by atoms with E-state index >= 15 is 0 Å². The van der Waals surface area contributed by atoms with Crippen molar-refractivity contribution in [3.05, 3.63) is 33.9 Å². The van der Waals surface area contributed by atoms with Crippen molar-refractivity contribution < 1.29 is 18.4 Å². The number of hydrogen-bond acceptors (Lipinski definition) is 4. The molecule has 1 aliphatic rings. The highest BCUT2D eigenvalue weighted by molar-refractivity contribution is 7.80. The van der Waals surface area contributed by atoms with Gasteiger partial charge in [0, 0.05) is 11.5 Å². The number of hydrogen-bond donors (Lipinski definition) is 1. The van der Waals surface area contributed by atoms with Gasteiger partial charge in [-0.05, 0) is 18.6 Å². The number of benzene rings is 1. The van der Waals surface area contributed by atoms with Crippen molar-refractivity contribution in [1.29, 1.82) is 0 Å². The summed E-state index contributed by atoms with van der Waals surface area (Å²) in [5.41, 5.74) is -0.981. The highest BCUT2D eigenvalue weighted by Gasteiger charge is 2.36. The first-order valence-corrected chi connectivity index (χ1v) is 6.48. The van der Waals surface area contributed by atoms with Crippen LogP contribution < -0.4 is 4.74 Å². The Balaban J connectivity index is 2.13. The summed E-state index contributed by atoms with van der Waals surface area (Å²) in [6.45, 7) is 0.241. The minimum atomic E-state index is -1.10. The van der Waals surface area contributed by atoms with Crippen molar-refractivity contribution >= 4 is 18.3 Å². The summed E-state index contributed by atoms with van der Waals surface area (Å²) in [5, 5.41) is 10.5. The van der Waals surface area contributed by atoms with E-state index in [0.29, 0.717) is 11.8 Å². The van der Waals surface area contributed by atoms with Gasteiger partial charge in [0.25, 0.3) is 0 Å². The van der Waals surface area contributed by atoms with E-state index in [1.165, 1.54) is 0 Å². The lowest BCUT2D eigenvalue weighted by molar-refractivity contribution is -0.387. The highest BCUT2D eigenvalue weighted by Crippen LogP contribution is 2.42. The molecule has 7 heteroatoms. The maximum absolute atomic E-state index is 13.6. The molecular formula is C12H13F2NO3S. The Morgan fingerprint density at radius 2 is 2.05 bits per heavy atom. The zero-order valence-electron chi connectivity index (χ0n) is 10.1. The fraction of sp³-hybridized carbons (Fsp3) is 0.500. The third-order valence-corrected chi connectivity index (χ3v) is 4.15. The lowest BCUT2D eigenvalue weighted by Gasteiger charge is -2.40. The smallest absolute Gasteiger partial charge is 0.307 e. The van der Waals surface area contributed by atoms with E-state index < -0.39 is 22.2 Å². The van der Waals surface area contributed by atoms with E-state index in [0.717, 1.165) is 25.3 Å². The Morgan fingerprint density at radius 1 is 1.37 bits per heavy atom. The molecular weight excluding hydrogens is 276 g/mol. The van der Waals surface area contributed by atoms with Crippen LogP contribution in [0.25, 0.3) is 0 Å². The van der Waals surface area contributed by atoms with Crippen molar-refractivity contribution in [2.24, 2.45) is 5.41 Å². The van der Waals surface area contributed by atoms with Gasteiger partial charge in [-0.25, -0.2) is 4.39 Å². The fourth-order valence-electron chi connectivity index (χ4n) is 2.02. The molecule has 2 rings (SSSR count). The number of nitro benzene ring substituents is 1. The first-order chi connectivity index (χ1) is 8.97. The molecule has 0 atom stereocenters. The molecule has 0 bridgehead atoms. The maximum atomic E-state index is 13.6. The second-order valence-electron chi connectivity index (χ2n) is 4.79. The minimum absolute atomic E-state index is 0.0895. The quantitative estimate of drug-likeness (QED) is 0.514. The molecule has 0 aliphatic heterocycles. The van der Waals surface area contributed by atoms with Gasteiger partial charge in [0.2, 0.25) is 5.82 Å². The van der Waals surface area contributed by atoms with E-state index in [9.17, 15) is 18.9 Å². The fourth-order valence-corrected chi connectivity index (χ4v) is 2.43. The van der Waals surface area contributed by atoms with Crippen LogP contribution in [0.15, 0.2) is 12.1 Å². The van der Waals surface area contributed by atoms with Crippen molar-refractivity contribution in [3.63, 3.8) is 0 Å². The monoisotopic (exact) mass is 289 g/mol. The average Bonchev–Trinajstić information content (AvgIpc) is 2.31. The number of rotatable bonds is 5. The predicted octanol–water partition coefficient (Wildman–Crippen LogP) is 3.35. The first kappa shape index (κ1) is 14.0. The number of ether oxygens (including phenoxy) is 1. The molecule has 0 radical (unpaired) electrons. The van der Waals surface area contributed by atoms with Gasteiger partial charge < -0.3 is 4.74 Å². The van der Waals surface area contributed by atoms with Crippen LogP contribution in [0.4, 0.5) is 14.5 Å². The second kappa shape index (κ2) is 5.32. The van der Waals surface area contributed by atoms with Crippen LogP contribution in [0, 0.1) is 27.2 Å². The Kier molecular flexibility index (Phi) is 3.93. The van der Waals surface area contributed by atoms with Crippen LogP contribution in [-0.2, 0) is 0 Å².